The van der Waals surface area contributed by atoms with Gasteiger partial charge >= 0.3 is 6.36 Å². The van der Waals surface area contributed by atoms with Gasteiger partial charge in [-0.25, -0.2) is 9.97 Å². The highest BCUT2D eigenvalue weighted by molar-refractivity contribution is 5.97. The number of carbonyl (C=O) groups is 1. The Hall–Kier alpha value is -3.44. The van der Waals surface area contributed by atoms with Crippen LogP contribution in [0.2, 0.25) is 0 Å². The fraction of sp³-hybridized carbons (Fsp3) is 0.348. The molecule has 178 valence electrons. The number of nitrogen functional groups attached to an aromatic ring is 1. The van der Waals surface area contributed by atoms with E-state index < -0.39 is 12.4 Å². The molecule has 2 aromatic heterocycles. The van der Waals surface area contributed by atoms with Crippen LogP contribution in [0.15, 0.2) is 36.5 Å². The summed E-state index contributed by atoms with van der Waals surface area (Å²) in [4.78, 5) is 23.8. The number of nitrogens with zero attached hydrogens (tertiary/aromatic N) is 3. The molecule has 2 aliphatic heterocycles. The van der Waals surface area contributed by atoms with Crippen LogP contribution in [0.4, 0.5) is 19.0 Å². The van der Waals surface area contributed by atoms with Crippen LogP contribution in [0.1, 0.15) is 46.2 Å². The van der Waals surface area contributed by atoms with Crippen molar-refractivity contribution in [3.63, 3.8) is 0 Å². The predicted molar refractivity (Wildman–Crippen MR) is 115 cm³/mol. The van der Waals surface area contributed by atoms with E-state index in [2.05, 4.69) is 14.7 Å². The van der Waals surface area contributed by atoms with E-state index in [1.54, 1.807) is 11.0 Å². The van der Waals surface area contributed by atoms with Crippen molar-refractivity contribution in [1.29, 1.82) is 0 Å². The van der Waals surface area contributed by atoms with E-state index in [4.69, 9.17) is 15.2 Å². The molecule has 1 saturated heterocycles. The first-order valence-electron chi connectivity index (χ1n) is 10.7. The van der Waals surface area contributed by atoms with Gasteiger partial charge in [-0.3, -0.25) is 4.79 Å². The first-order chi connectivity index (χ1) is 16.2. The molecule has 1 aromatic carbocycles. The number of pyridine rings is 2. The minimum atomic E-state index is -4.78. The van der Waals surface area contributed by atoms with Crippen molar-refractivity contribution >= 4 is 22.6 Å². The molecular weight excluding hydrogens is 453 g/mol. The summed E-state index contributed by atoms with van der Waals surface area (Å²) < 4.78 is 52.6. The van der Waals surface area contributed by atoms with Gasteiger partial charge in [0.15, 0.2) is 0 Å². The molecule has 1 fully saturated rings. The van der Waals surface area contributed by atoms with Crippen molar-refractivity contribution in [3.05, 3.63) is 58.9 Å². The molecule has 0 aliphatic carbocycles. The van der Waals surface area contributed by atoms with Crippen LogP contribution in [-0.4, -0.2) is 46.9 Å². The molecule has 11 heteroatoms. The standard InChI is InChI=1S/C23H21F3N4O4/c1-12-20-16(10-33-12)15-8-17(28-9-18(15)29-21(20)27)22(31)30-6-7-32-11-19(30)13-2-4-14(5-3-13)34-23(24,25)26/h2-5,8-9,12,19H,6-7,10-11H2,1H3,(H2,27,29)/t12-,19-/m1/s1. The third kappa shape index (κ3) is 4.12. The molecular formula is C23H21F3N4O4. The number of nitrogens with two attached hydrogens (primary N) is 1. The number of benzene rings is 1. The minimum Gasteiger partial charge on any atom is -0.406 e. The lowest BCUT2D eigenvalue weighted by Crippen LogP contribution is -2.43. The average molecular weight is 474 g/mol. The summed E-state index contributed by atoms with van der Waals surface area (Å²) in [5.74, 6) is -0.262. The Balaban J connectivity index is 1.45. The van der Waals surface area contributed by atoms with Crippen molar-refractivity contribution < 1.29 is 32.2 Å². The largest absolute Gasteiger partial charge is 0.573 e. The number of ether oxygens (including phenoxy) is 3. The maximum absolute atomic E-state index is 13.5. The fourth-order valence-electron chi connectivity index (χ4n) is 4.45. The monoisotopic (exact) mass is 474 g/mol. The molecule has 0 spiro atoms. The van der Waals surface area contributed by atoms with Crippen molar-refractivity contribution in [2.75, 3.05) is 25.5 Å². The summed E-state index contributed by atoms with van der Waals surface area (Å²) in [7, 11) is 0. The van der Waals surface area contributed by atoms with Crippen LogP contribution in [0, 0.1) is 0 Å². The second-order valence-corrected chi connectivity index (χ2v) is 8.14. The number of hydrogen-bond acceptors (Lipinski definition) is 7. The molecule has 2 atom stereocenters. The van der Waals surface area contributed by atoms with E-state index in [1.165, 1.54) is 30.5 Å². The zero-order chi connectivity index (χ0) is 24.0. The molecule has 0 bridgehead atoms. The summed E-state index contributed by atoms with van der Waals surface area (Å²) in [6.07, 6.45) is -3.45. The highest BCUT2D eigenvalue weighted by atomic mass is 19.4. The lowest BCUT2D eigenvalue weighted by atomic mass is 10.0. The van der Waals surface area contributed by atoms with E-state index in [1.807, 2.05) is 6.92 Å². The minimum absolute atomic E-state index is 0.188. The summed E-state index contributed by atoms with van der Waals surface area (Å²) >= 11 is 0. The van der Waals surface area contributed by atoms with E-state index in [-0.39, 0.29) is 30.1 Å². The maximum atomic E-state index is 13.5. The number of hydrogen-bond donors (Lipinski definition) is 1. The predicted octanol–water partition coefficient (Wildman–Crippen LogP) is 3.92. The Morgan fingerprint density at radius 1 is 1.26 bits per heavy atom. The van der Waals surface area contributed by atoms with Gasteiger partial charge in [0.05, 0.1) is 43.7 Å². The van der Waals surface area contributed by atoms with Crippen LogP contribution in [-0.2, 0) is 16.1 Å². The topological polar surface area (TPSA) is 99.8 Å². The van der Waals surface area contributed by atoms with Gasteiger partial charge < -0.3 is 24.8 Å². The SMILES string of the molecule is C[C@H]1OCc2c1c(N)nc1cnc(C(=O)N3CCOC[C@@H]3c3ccc(OC(F)(F)F)cc3)cc21. The second-order valence-electron chi connectivity index (χ2n) is 8.14. The molecule has 5 rings (SSSR count). The van der Waals surface area contributed by atoms with Crippen LogP contribution in [0.5, 0.6) is 5.75 Å². The Labute approximate surface area is 192 Å². The van der Waals surface area contributed by atoms with Gasteiger partial charge in [-0.15, -0.1) is 13.2 Å². The molecule has 2 aliphatic rings. The lowest BCUT2D eigenvalue weighted by molar-refractivity contribution is -0.274. The smallest absolute Gasteiger partial charge is 0.406 e. The number of fused-ring (bicyclic) bond motifs is 3. The van der Waals surface area contributed by atoms with Crippen LogP contribution < -0.4 is 10.5 Å². The molecule has 3 aromatic rings. The normalized spacial score (nSPS) is 20.4. The molecule has 0 unspecified atom stereocenters. The Morgan fingerprint density at radius 2 is 2.03 bits per heavy atom. The third-order valence-corrected chi connectivity index (χ3v) is 6.04. The van der Waals surface area contributed by atoms with E-state index in [0.29, 0.717) is 36.7 Å². The van der Waals surface area contributed by atoms with Crippen molar-refractivity contribution in [2.24, 2.45) is 0 Å². The van der Waals surface area contributed by atoms with E-state index in [0.717, 1.165) is 16.5 Å². The van der Waals surface area contributed by atoms with Crippen LogP contribution in [0.3, 0.4) is 0 Å². The van der Waals surface area contributed by atoms with Gasteiger partial charge in [0, 0.05) is 17.5 Å². The first-order valence-corrected chi connectivity index (χ1v) is 10.7. The number of rotatable bonds is 3. The molecule has 4 heterocycles. The zero-order valence-electron chi connectivity index (χ0n) is 18.1. The summed E-state index contributed by atoms with van der Waals surface area (Å²) in [5.41, 5.74) is 9.23. The number of alkyl halides is 3. The third-order valence-electron chi connectivity index (χ3n) is 6.04. The maximum Gasteiger partial charge on any atom is 0.573 e. The lowest BCUT2D eigenvalue weighted by Gasteiger charge is -2.35. The van der Waals surface area contributed by atoms with Gasteiger partial charge in [-0.2, -0.15) is 0 Å². The number of carbonyl (C=O) groups excluding carboxylic acids is 1. The second kappa shape index (κ2) is 8.41. The van der Waals surface area contributed by atoms with E-state index >= 15 is 0 Å². The van der Waals surface area contributed by atoms with Crippen molar-refractivity contribution in [2.45, 2.75) is 32.0 Å². The number of amides is 1. The number of morpholine rings is 1. The molecule has 8 nitrogen and oxygen atoms in total. The molecule has 0 saturated carbocycles. The van der Waals surface area contributed by atoms with E-state index in [9.17, 15) is 18.0 Å². The van der Waals surface area contributed by atoms with Gasteiger partial charge in [0.1, 0.15) is 17.3 Å². The Morgan fingerprint density at radius 3 is 2.76 bits per heavy atom. The van der Waals surface area contributed by atoms with Gasteiger partial charge in [-0.05, 0) is 36.2 Å². The summed E-state index contributed by atoms with van der Waals surface area (Å²) in [6.45, 7) is 3.11. The summed E-state index contributed by atoms with van der Waals surface area (Å²) in [5, 5.41) is 0.755. The molecule has 2 N–H and O–H groups in total. The van der Waals surface area contributed by atoms with Gasteiger partial charge in [0.2, 0.25) is 0 Å². The first kappa shape index (κ1) is 22.4. The highest BCUT2D eigenvalue weighted by Gasteiger charge is 2.33. The average Bonchev–Trinajstić information content (AvgIpc) is 3.20. The number of anilines is 1. The van der Waals surface area contributed by atoms with Crippen LogP contribution in [0.25, 0.3) is 10.9 Å². The van der Waals surface area contributed by atoms with Crippen LogP contribution >= 0.6 is 0 Å². The summed E-state index contributed by atoms with van der Waals surface area (Å²) in [6, 6.07) is 6.62. The highest BCUT2D eigenvalue weighted by Crippen LogP contribution is 2.38. The van der Waals surface area contributed by atoms with Gasteiger partial charge in [-0.1, -0.05) is 12.1 Å². The van der Waals surface area contributed by atoms with Crippen molar-refractivity contribution in [1.82, 2.24) is 14.9 Å². The molecule has 0 radical (unpaired) electrons. The molecule has 1 amide bonds. The van der Waals surface area contributed by atoms with Crippen molar-refractivity contribution in [3.8, 4) is 5.75 Å². The number of halogens is 3. The fourth-order valence-corrected chi connectivity index (χ4v) is 4.45. The Bertz CT molecular complexity index is 1250. The molecule has 34 heavy (non-hydrogen) atoms. The zero-order valence-corrected chi connectivity index (χ0v) is 18.1. The van der Waals surface area contributed by atoms with Gasteiger partial charge in [0.25, 0.3) is 5.91 Å². The number of aromatic nitrogens is 2. The quantitative estimate of drug-likeness (QED) is 0.614. The Kier molecular flexibility index (Phi) is 5.53.